The zero-order valence-electron chi connectivity index (χ0n) is 16.7. The number of pyridine rings is 1. The molecule has 29 heavy (non-hydrogen) atoms. The van der Waals surface area contributed by atoms with Gasteiger partial charge in [0.2, 0.25) is 0 Å². The van der Waals surface area contributed by atoms with Gasteiger partial charge in [-0.3, -0.25) is 4.79 Å². The highest BCUT2D eigenvalue weighted by Crippen LogP contribution is 2.39. The van der Waals surface area contributed by atoms with Crippen molar-refractivity contribution in [2.75, 3.05) is 56.1 Å². The fourth-order valence-corrected chi connectivity index (χ4v) is 4.22. The van der Waals surface area contributed by atoms with Gasteiger partial charge in [-0.25, -0.2) is 13.8 Å². The third-order valence-corrected chi connectivity index (χ3v) is 6.08. The second-order valence-electron chi connectivity index (χ2n) is 7.91. The molecule has 3 heterocycles. The van der Waals surface area contributed by atoms with Crippen molar-refractivity contribution in [2.24, 2.45) is 0 Å². The summed E-state index contributed by atoms with van der Waals surface area (Å²) in [7, 11) is 2.09. The molecule has 0 spiro atoms. The number of hydrogen-bond acceptors (Lipinski definition) is 5. The molecule has 2 aliphatic heterocycles. The maximum Gasteiger partial charge on any atom is 0.170 e. The average Bonchev–Trinajstić information content (AvgIpc) is 2.75. The molecule has 0 bridgehead atoms. The van der Waals surface area contributed by atoms with Gasteiger partial charge in [0.05, 0.1) is 5.69 Å². The van der Waals surface area contributed by atoms with Crippen LogP contribution in [-0.4, -0.2) is 62.5 Å². The minimum atomic E-state index is -1.68. The van der Waals surface area contributed by atoms with Crippen molar-refractivity contribution in [3.8, 4) is 0 Å². The van der Waals surface area contributed by atoms with Crippen LogP contribution in [0.15, 0.2) is 36.4 Å². The second-order valence-corrected chi connectivity index (χ2v) is 7.91. The van der Waals surface area contributed by atoms with E-state index in [0.29, 0.717) is 24.5 Å². The highest BCUT2D eigenvalue weighted by Gasteiger charge is 2.38. The molecule has 0 atom stereocenters. The van der Waals surface area contributed by atoms with Gasteiger partial charge in [0.1, 0.15) is 23.0 Å². The lowest BCUT2D eigenvalue weighted by atomic mass is 9.85. The van der Waals surface area contributed by atoms with Crippen molar-refractivity contribution in [2.45, 2.75) is 18.5 Å². The predicted molar refractivity (Wildman–Crippen MR) is 110 cm³/mol. The Labute approximate surface area is 169 Å². The Morgan fingerprint density at radius 1 is 0.966 bits per heavy atom. The number of piperidine rings is 1. The number of carbonyl (C=O) groups is 1. The number of nitrogens with zero attached hydrogens (tertiary/aromatic N) is 4. The lowest BCUT2D eigenvalue weighted by Crippen LogP contribution is -2.45. The van der Waals surface area contributed by atoms with Crippen LogP contribution in [-0.2, 0) is 5.67 Å². The lowest BCUT2D eigenvalue weighted by Gasteiger charge is -2.38. The summed E-state index contributed by atoms with van der Waals surface area (Å²) in [6.45, 7) is 4.47. The molecule has 7 heteroatoms. The number of rotatable bonds is 4. The maximum absolute atomic E-state index is 15.4. The number of hydrogen-bond donors (Lipinski definition) is 0. The zero-order valence-corrected chi connectivity index (χ0v) is 16.7. The predicted octanol–water partition coefficient (Wildman–Crippen LogP) is 3.25. The number of piperazine rings is 1. The van der Waals surface area contributed by atoms with E-state index in [1.165, 1.54) is 12.1 Å². The Balaban J connectivity index is 1.49. The van der Waals surface area contributed by atoms with E-state index in [9.17, 15) is 9.18 Å². The molecule has 4 rings (SSSR count). The van der Waals surface area contributed by atoms with Crippen molar-refractivity contribution in [1.29, 1.82) is 0 Å². The lowest BCUT2D eigenvalue weighted by molar-refractivity contribution is 0.111. The van der Waals surface area contributed by atoms with E-state index >= 15 is 4.39 Å². The van der Waals surface area contributed by atoms with Gasteiger partial charge >= 0.3 is 0 Å². The highest BCUT2D eigenvalue weighted by atomic mass is 19.1. The van der Waals surface area contributed by atoms with E-state index in [2.05, 4.69) is 21.8 Å². The third-order valence-electron chi connectivity index (χ3n) is 6.08. The molecule has 0 aliphatic carbocycles. The monoisotopic (exact) mass is 400 g/mol. The van der Waals surface area contributed by atoms with E-state index in [-0.39, 0.29) is 18.4 Å². The molecular weight excluding hydrogens is 374 g/mol. The van der Waals surface area contributed by atoms with Crippen molar-refractivity contribution in [3.05, 3.63) is 53.5 Å². The zero-order chi connectivity index (χ0) is 20.4. The fraction of sp³-hybridized carbons (Fsp3) is 0.455. The van der Waals surface area contributed by atoms with Crippen LogP contribution in [0, 0.1) is 5.82 Å². The summed E-state index contributed by atoms with van der Waals surface area (Å²) in [5.74, 6) is 0.294. The summed E-state index contributed by atoms with van der Waals surface area (Å²) in [6.07, 6.45) is 1.11. The van der Waals surface area contributed by atoms with Gasteiger partial charge in [0.15, 0.2) is 6.29 Å². The number of aldehydes is 1. The van der Waals surface area contributed by atoms with Gasteiger partial charge < -0.3 is 14.7 Å². The summed E-state index contributed by atoms with van der Waals surface area (Å²) in [5, 5.41) is 0. The number of benzene rings is 1. The molecule has 1 aromatic carbocycles. The molecule has 2 aromatic rings. The van der Waals surface area contributed by atoms with Crippen LogP contribution in [0.4, 0.5) is 20.3 Å². The number of likely N-dealkylation sites (N-methyl/N-ethyl adjacent to an activating group) is 1. The van der Waals surface area contributed by atoms with Gasteiger partial charge in [0, 0.05) is 57.7 Å². The Kier molecular flexibility index (Phi) is 5.50. The van der Waals surface area contributed by atoms with Crippen LogP contribution in [0.5, 0.6) is 0 Å². The normalized spacial score (nSPS) is 20.0. The summed E-state index contributed by atoms with van der Waals surface area (Å²) < 4.78 is 29.5. The number of carbonyl (C=O) groups excluding carboxylic acids is 1. The molecule has 2 saturated heterocycles. The Morgan fingerprint density at radius 3 is 2.31 bits per heavy atom. The van der Waals surface area contributed by atoms with E-state index < -0.39 is 11.5 Å². The average molecular weight is 400 g/mol. The molecule has 0 unspecified atom stereocenters. The fourth-order valence-electron chi connectivity index (χ4n) is 4.22. The first-order valence-corrected chi connectivity index (χ1v) is 10.1. The van der Waals surface area contributed by atoms with Gasteiger partial charge in [-0.1, -0.05) is 18.2 Å². The standard InChI is InChI=1S/C22H26F2N4O/c1-26-12-14-28(15-13-26)21-7-6-20(19(16-29)25-21)27-10-8-22(24,9-11-27)17-4-2-3-5-18(17)23/h2-7,16H,8-15H2,1H3. The molecule has 5 nitrogen and oxygen atoms in total. The number of halogens is 2. The first kappa shape index (κ1) is 19.8. The Morgan fingerprint density at radius 2 is 1.66 bits per heavy atom. The van der Waals surface area contributed by atoms with Gasteiger partial charge in [-0.15, -0.1) is 0 Å². The largest absolute Gasteiger partial charge is 0.369 e. The molecule has 0 N–H and O–H groups in total. The van der Waals surface area contributed by atoms with E-state index in [4.69, 9.17) is 0 Å². The summed E-state index contributed by atoms with van der Waals surface area (Å²) >= 11 is 0. The first-order valence-electron chi connectivity index (χ1n) is 10.1. The Hall–Kier alpha value is -2.54. The second kappa shape index (κ2) is 8.06. The van der Waals surface area contributed by atoms with E-state index in [1.54, 1.807) is 12.1 Å². The van der Waals surface area contributed by atoms with E-state index in [1.807, 2.05) is 17.0 Å². The number of alkyl halides is 1. The maximum atomic E-state index is 15.4. The molecule has 2 fully saturated rings. The number of aromatic nitrogens is 1. The minimum absolute atomic E-state index is 0.124. The van der Waals surface area contributed by atoms with Gasteiger partial charge in [0.25, 0.3) is 0 Å². The van der Waals surface area contributed by atoms with Crippen LogP contribution in [0.2, 0.25) is 0 Å². The van der Waals surface area contributed by atoms with Gasteiger partial charge in [-0.05, 0) is 25.2 Å². The molecule has 0 saturated carbocycles. The Bertz CT molecular complexity index is 875. The minimum Gasteiger partial charge on any atom is -0.369 e. The third kappa shape index (κ3) is 3.96. The SMILES string of the molecule is CN1CCN(c2ccc(N3CCC(F)(c4ccccc4F)CC3)c(C=O)n2)CC1. The molecule has 2 aliphatic rings. The van der Waals surface area contributed by atoms with Crippen LogP contribution in [0.25, 0.3) is 0 Å². The molecule has 0 amide bonds. The molecular formula is C22H26F2N4O. The van der Waals surface area contributed by atoms with Crippen LogP contribution in [0.3, 0.4) is 0 Å². The van der Waals surface area contributed by atoms with E-state index in [0.717, 1.165) is 38.3 Å². The quantitative estimate of drug-likeness (QED) is 0.737. The first-order chi connectivity index (χ1) is 14.0. The van der Waals surface area contributed by atoms with Crippen molar-refractivity contribution >= 4 is 17.8 Å². The molecule has 0 radical (unpaired) electrons. The van der Waals surface area contributed by atoms with Crippen molar-refractivity contribution < 1.29 is 13.6 Å². The molecule has 1 aromatic heterocycles. The van der Waals surface area contributed by atoms with Crippen LogP contribution in [0.1, 0.15) is 28.9 Å². The van der Waals surface area contributed by atoms with Gasteiger partial charge in [-0.2, -0.15) is 0 Å². The van der Waals surface area contributed by atoms with Crippen molar-refractivity contribution in [1.82, 2.24) is 9.88 Å². The van der Waals surface area contributed by atoms with Crippen LogP contribution < -0.4 is 9.80 Å². The van der Waals surface area contributed by atoms with Crippen molar-refractivity contribution in [3.63, 3.8) is 0 Å². The summed E-state index contributed by atoms with van der Waals surface area (Å²) in [4.78, 5) is 22.7. The van der Waals surface area contributed by atoms with Crippen LogP contribution >= 0.6 is 0 Å². The smallest absolute Gasteiger partial charge is 0.170 e. The molecule has 154 valence electrons. The topological polar surface area (TPSA) is 39.7 Å². The highest BCUT2D eigenvalue weighted by molar-refractivity contribution is 5.83. The summed E-state index contributed by atoms with van der Waals surface area (Å²) in [5.41, 5.74) is -0.470. The number of anilines is 2. The summed E-state index contributed by atoms with van der Waals surface area (Å²) in [6, 6.07) is 9.89.